The number of amides is 1. The predicted molar refractivity (Wildman–Crippen MR) is 104 cm³/mol. The van der Waals surface area contributed by atoms with Gasteiger partial charge in [0.25, 0.3) is 0 Å². The number of hydrogen-bond donors (Lipinski definition) is 1. The minimum absolute atomic E-state index is 0.0258. The van der Waals surface area contributed by atoms with E-state index in [1.807, 2.05) is 0 Å². The molecule has 0 radical (unpaired) electrons. The van der Waals surface area contributed by atoms with Crippen molar-refractivity contribution in [2.24, 2.45) is 0 Å². The Labute approximate surface area is 177 Å². The molecule has 2 aromatic carbocycles. The zero-order valence-electron chi connectivity index (χ0n) is 16.4. The molecule has 1 atom stereocenters. The van der Waals surface area contributed by atoms with Crippen molar-refractivity contribution in [2.45, 2.75) is 30.6 Å². The highest BCUT2D eigenvalue weighted by Gasteiger charge is 2.31. The smallest absolute Gasteiger partial charge is 0.486 e. The van der Waals surface area contributed by atoms with Crippen LogP contribution in [0.3, 0.4) is 0 Å². The van der Waals surface area contributed by atoms with Crippen molar-refractivity contribution in [3.8, 4) is 17.2 Å². The zero-order valence-corrected chi connectivity index (χ0v) is 17.3. The summed E-state index contributed by atoms with van der Waals surface area (Å²) in [7, 11) is -3.73. The van der Waals surface area contributed by atoms with Gasteiger partial charge in [-0.05, 0) is 36.8 Å². The Hall–Kier alpha value is -2.95. The lowest BCUT2D eigenvalue weighted by Gasteiger charge is -2.19. The van der Waals surface area contributed by atoms with Gasteiger partial charge in [0, 0.05) is 12.5 Å². The molecule has 1 aliphatic heterocycles. The van der Waals surface area contributed by atoms with Gasteiger partial charge in [0.2, 0.25) is 5.91 Å². The number of halogens is 3. The highest BCUT2D eigenvalue weighted by Crippen LogP contribution is 2.32. The van der Waals surface area contributed by atoms with Gasteiger partial charge in [-0.2, -0.15) is 0 Å². The molecule has 1 N–H and O–H groups in total. The number of ether oxygens (including phenoxy) is 3. The van der Waals surface area contributed by atoms with Gasteiger partial charge < -0.3 is 19.5 Å². The normalized spacial score (nSPS) is 14.6. The summed E-state index contributed by atoms with van der Waals surface area (Å²) in [6.07, 6.45) is -5.07. The van der Waals surface area contributed by atoms with E-state index < -0.39 is 33.9 Å². The van der Waals surface area contributed by atoms with Crippen LogP contribution in [-0.4, -0.2) is 39.7 Å². The molecule has 0 saturated heterocycles. The molecule has 1 heterocycles. The largest absolute Gasteiger partial charge is 0.573 e. The lowest BCUT2D eigenvalue weighted by Crippen LogP contribution is -2.28. The number of nitrogens with one attached hydrogen (secondary N) is 1. The van der Waals surface area contributed by atoms with Crippen molar-refractivity contribution in [1.82, 2.24) is 5.32 Å². The summed E-state index contributed by atoms with van der Waals surface area (Å²) >= 11 is 0. The number of benzene rings is 2. The molecule has 0 bridgehead atoms. The molecule has 11 heteroatoms. The van der Waals surface area contributed by atoms with E-state index >= 15 is 0 Å². The molecule has 1 unspecified atom stereocenters. The van der Waals surface area contributed by atoms with Crippen LogP contribution < -0.4 is 19.5 Å². The Kier molecular flexibility index (Phi) is 6.63. The van der Waals surface area contributed by atoms with Gasteiger partial charge in [0.1, 0.15) is 19.0 Å². The van der Waals surface area contributed by atoms with Crippen molar-refractivity contribution < 1.29 is 40.6 Å². The molecule has 3 rings (SSSR count). The standard InChI is InChI=1S/C20H20F3NO6S/c1-13(14-2-4-15(5-3-14)30-20(21,22)23)24-19(25)8-11-31(26,27)16-6-7-17-18(12-16)29-10-9-28-17/h2-7,12-13H,8-11H2,1H3,(H,24,25). The Morgan fingerprint density at radius 2 is 1.74 bits per heavy atom. The minimum atomic E-state index is -4.79. The fraction of sp³-hybridized carbons (Fsp3) is 0.350. The Morgan fingerprint density at radius 1 is 1.10 bits per heavy atom. The van der Waals surface area contributed by atoms with Crippen molar-refractivity contribution >= 4 is 15.7 Å². The third kappa shape index (κ3) is 6.27. The van der Waals surface area contributed by atoms with Gasteiger partial charge in [0.05, 0.1) is 16.7 Å². The summed E-state index contributed by atoms with van der Waals surface area (Å²) in [4.78, 5) is 12.2. The molecule has 0 spiro atoms. The third-order valence-electron chi connectivity index (χ3n) is 4.46. The van der Waals surface area contributed by atoms with E-state index in [-0.39, 0.29) is 17.1 Å². The molecule has 1 aliphatic rings. The van der Waals surface area contributed by atoms with Gasteiger partial charge in [0.15, 0.2) is 21.3 Å². The van der Waals surface area contributed by atoms with Gasteiger partial charge >= 0.3 is 6.36 Å². The van der Waals surface area contributed by atoms with Crippen LogP contribution in [0.2, 0.25) is 0 Å². The van der Waals surface area contributed by atoms with E-state index in [1.54, 1.807) is 6.92 Å². The van der Waals surface area contributed by atoms with E-state index in [0.29, 0.717) is 30.3 Å². The topological polar surface area (TPSA) is 90.9 Å². The van der Waals surface area contributed by atoms with Crippen LogP contribution in [0.4, 0.5) is 13.2 Å². The first-order chi connectivity index (χ1) is 14.5. The number of rotatable bonds is 7. The Balaban J connectivity index is 1.55. The van der Waals surface area contributed by atoms with Crippen LogP contribution in [0, 0.1) is 0 Å². The molecule has 0 aromatic heterocycles. The second kappa shape index (κ2) is 9.04. The number of hydrogen-bond acceptors (Lipinski definition) is 6. The van der Waals surface area contributed by atoms with Crippen molar-refractivity contribution in [3.05, 3.63) is 48.0 Å². The fourth-order valence-electron chi connectivity index (χ4n) is 2.92. The maximum absolute atomic E-state index is 12.5. The number of sulfone groups is 1. The summed E-state index contributed by atoms with van der Waals surface area (Å²) in [5, 5.41) is 2.63. The van der Waals surface area contributed by atoms with E-state index in [0.717, 1.165) is 12.1 Å². The molecule has 31 heavy (non-hydrogen) atoms. The van der Waals surface area contributed by atoms with Crippen LogP contribution >= 0.6 is 0 Å². The molecular formula is C20H20F3NO6S. The van der Waals surface area contributed by atoms with Gasteiger partial charge in [-0.3, -0.25) is 4.79 Å². The number of carbonyl (C=O) groups is 1. The predicted octanol–water partition coefficient (Wildman–Crippen LogP) is 3.40. The number of carbonyl (C=O) groups excluding carboxylic acids is 1. The Morgan fingerprint density at radius 3 is 2.39 bits per heavy atom. The Bertz CT molecular complexity index is 1040. The average molecular weight is 459 g/mol. The number of alkyl halides is 3. The minimum Gasteiger partial charge on any atom is -0.486 e. The van der Waals surface area contributed by atoms with Crippen molar-refractivity contribution in [3.63, 3.8) is 0 Å². The summed E-state index contributed by atoms with van der Waals surface area (Å²) in [6, 6.07) is 8.79. The van der Waals surface area contributed by atoms with Gasteiger partial charge in [-0.1, -0.05) is 12.1 Å². The molecule has 0 saturated carbocycles. The van der Waals surface area contributed by atoms with Crippen LogP contribution in [0.1, 0.15) is 24.9 Å². The first-order valence-corrected chi connectivity index (χ1v) is 11.0. The summed E-state index contributed by atoms with van der Waals surface area (Å²) in [5.41, 5.74) is 0.539. The van der Waals surface area contributed by atoms with Crippen molar-refractivity contribution in [1.29, 1.82) is 0 Å². The highest BCUT2D eigenvalue weighted by atomic mass is 32.2. The van der Waals surface area contributed by atoms with Crippen LogP contribution in [0.15, 0.2) is 47.4 Å². The summed E-state index contributed by atoms with van der Waals surface area (Å²) in [6.45, 7) is 2.34. The molecular weight excluding hydrogens is 439 g/mol. The van der Waals surface area contributed by atoms with E-state index in [1.165, 1.54) is 30.3 Å². The maximum atomic E-state index is 12.5. The average Bonchev–Trinajstić information content (AvgIpc) is 2.71. The second-order valence-electron chi connectivity index (χ2n) is 6.78. The highest BCUT2D eigenvalue weighted by molar-refractivity contribution is 7.91. The quantitative estimate of drug-likeness (QED) is 0.683. The van der Waals surface area contributed by atoms with Crippen LogP contribution in [0.25, 0.3) is 0 Å². The first kappa shape index (κ1) is 22.7. The van der Waals surface area contributed by atoms with Gasteiger partial charge in [-0.25, -0.2) is 8.42 Å². The lowest BCUT2D eigenvalue weighted by molar-refractivity contribution is -0.274. The maximum Gasteiger partial charge on any atom is 0.573 e. The van der Waals surface area contributed by atoms with E-state index in [4.69, 9.17) is 9.47 Å². The molecule has 168 valence electrons. The van der Waals surface area contributed by atoms with E-state index in [9.17, 15) is 26.4 Å². The number of fused-ring (bicyclic) bond motifs is 1. The molecule has 2 aromatic rings. The van der Waals surface area contributed by atoms with Crippen LogP contribution in [0.5, 0.6) is 17.2 Å². The lowest BCUT2D eigenvalue weighted by atomic mass is 10.1. The molecule has 1 amide bonds. The van der Waals surface area contributed by atoms with Crippen molar-refractivity contribution in [2.75, 3.05) is 19.0 Å². The zero-order chi connectivity index (χ0) is 22.6. The van der Waals surface area contributed by atoms with Gasteiger partial charge in [-0.15, -0.1) is 13.2 Å². The molecule has 0 aliphatic carbocycles. The van der Waals surface area contributed by atoms with E-state index in [2.05, 4.69) is 10.1 Å². The fourth-order valence-corrected chi connectivity index (χ4v) is 4.17. The second-order valence-corrected chi connectivity index (χ2v) is 8.89. The summed E-state index contributed by atoms with van der Waals surface area (Å²) < 4.78 is 76.3. The third-order valence-corrected chi connectivity index (χ3v) is 6.18. The molecule has 0 fully saturated rings. The molecule has 7 nitrogen and oxygen atoms in total. The monoisotopic (exact) mass is 459 g/mol. The summed E-state index contributed by atoms with van der Waals surface area (Å²) in [5.74, 6) is -0.500. The SMILES string of the molecule is CC(NC(=O)CCS(=O)(=O)c1ccc2c(c1)OCCO2)c1ccc(OC(F)(F)F)cc1. The first-order valence-electron chi connectivity index (χ1n) is 9.31. The van der Waals surface area contributed by atoms with Crippen LogP contribution in [-0.2, 0) is 14.6 Å².